The van der Waals surface area contributed by atoms with Crippen LogP contribution < -0.4 is 4.74 Å². The SMILES string of the molecule is CC.COc1cnc(C)c(F)c1. The normalized spacial score (nSPS) is 8.42. The highest BCUT2D eigenvalue weighted by Crippen LogP contribution is 2.11. The zero-order chi connectivity index (χ0) is 9.56. The first-order valence-electron chi connectivity index (χ1n) is 3.90. The van der Waals surface area contributed by atoms with Crippen LogP contribution >= 0.6 is 0 Å². The van der Waals surface area contributed by atoms with Gasteiger partial charge < -0.3 is 4.74 Å². The molecule has 0 atom stereocenters. The molecule has 3 heteroatoms. The number of nitrogens with zero attached hydrogens (tertiary/aromatic N) is 1. The van der Waals surface area contributed by atoms with Gasteiger partial charge in [0.25, 0.3) is 0 Å². The van der Waals surface area contributed by atoms with Crippen molar-refractivity contribution in [1.29, 1.82) is 0 Å². The van der Waals surface area contributed by atoms with E-state index in [1.165, 1.54) is 19.4 Å². The van der Waals surface area contributed by atoms with Gasteiger partial charge in [0.1, 0.15) is 11.6 Å². The van der Waals surface area contributed by atoms with Crippen LogP contribution in [0.1, 0.15) is 19.5 Å². The van der Waals surface area contributed by atoms with Gasteiger partial charge in [-0.15, -0.1) is 0 Å². The lowest BCUT2D eigenvalue weighted by atomic mass is 10.3. The molecule has 0 spiro atoms. The van der Waals surface area contributed by atoms with Gasteiger partial charge in [-0.1, -0.05) is 13.8 Å². The van der Waals surface area contributed by atoms with Gasteiger partial charge in [-0.25, -0.2) is 4.39 Å². The summed E-state index contributed by atoms with van der Waals surface area (Å²) in [5.41, 5.74) is 0.390. The molecule has 0 saturated carbocycles. The summed E-state index contributed by atoms with van der Waals surface area (Å²) < 4.78 is 17.4. The summed E-state index contributed by atoms with van der Waals surface area (Å²) in [5.74, 6) is 0.113. The molecule has 0 N–H and O–H groups in total. The van der Waals surface area contributed by atoms with Crippen LogP contribution in [-0.4, -0.2) is 12.1 Å². The topological polar surface area (TPSA) is 22.1 Å². The van der Waals surface area contributed by atoms with E-state index < -0.39 is 0 Å². The minimum Gasteiger partial charge on any atom is -0.495 e. The summed E-state index contributed by atoms with van der Waals surface area (Å²) in [6, 6.07) is 1.31. The van der Waals surface area contributed by atoms with Gasteiger partial charge in [0, 0.05) is 6.07 Å². The lowest BCUT2D eigenvalue weighted by Crippen LogP contribution is -1.89. The first kappa shape index (κ1) is 10.9. The van der Waals surface area contributed by atoms with E-state index in [-0.39, 0.29) is 5.82 Å². The summed E-state index contributed by atoms with van der Waals surface area (Å²) in [7, 11) is 1.48. The molecule has 0 aliphatic heterocycles. The third kappa shape index (κ3) is 2.86. The van der Waals surface area contributed by atoms with Gasteiger partial charge in [0.05, 0.1) is 19.0 Å². The number of aryl methyl sites for hydroxylation is 1. The molecule has 0 fully saturated rings. The van der Waals surface area contributed by atoms with Gasteiger partial charge in [-0.2, -0.15) is 0 Å². The molecule has 2 nitrogen and oxygen atoms in total. The van der Waals surface area contributed by atoms with Crippen LogP contribution in [0.4, 0.5) is 4.39 Å². The zero-order valence-corrected chi connectivity index (χ0v) is 7.89. The fourth-order valence-corrected chi connectivity index (χ4v) is 0.600. The van der Waals surface area contributed by atoms with Crippen LogP contribution in [-0.2, 0) is 0 Å². The Bertz CT molecular complexity index is 238. The van der Waals surface area contributed by atoms with E-state index in [1.54, 1.807) is 6.92 Å². The average molecular weight is 171 g/mol. The van der Waals surface area contributed by atoms with E-state index in [4.69, 9.17) is 4.74 Å². The molecule has 0 amide bonds. The second-order valence-electron chi connectivity index (χ2n) is 1.94. The van der Waals surface area contributed by atoms with Crippen LogP contribution in [0, 0.1) is 12.7 Å². The Balaban J connectivity index is 0.000000561. The van der Waals surface area contributed by atoms with E-state index in [2.05, 4.69) is 4.98 Å². The van der Waals surface area contributed by atoms with E-state index in [1.807, 2.05) is 13.8 Å². The van der Waals surface area contributed by atoms with E-state index >= 15 is 0 Å². The van der Waals surface area contributed by atoms with Crippen molar-refractivity contribution in [3.8, 4) is 5.75 Å². The summed E-state index contributed by atoms with van der Waals surface area (Å²) in [5, 5.41) is 0. The second kappa shape index (κ2) is 5.52. The molecule has 0 saturated heterocycles. The molecule has 12 heavy (non-hydrogen) atoms. The Morgan fingerprint density at radius 1 is 1.42 bits per heavy atom. The molecule has 1 aromatic rings. The molecule has 0 aliphatic carbocycles. The predicted octanol–water partition coefficient (Wildman–Crippen LogP) is 2.56. The minimum atomic E-state index is -0.334. The first-order valence-corrected chi connectivity index (χ1v) is 3.90. The molecule has 1 aromatic heterocycles. The lowest BCUT2D eigenvalue weighted by molar-refractivity contribution is 0.408. The molecule has 0 unspecified atom stereocenters. The highest BCUT2D eigenvalue weighted by molar-refractivity contribution is 5.20. The van der Waals surface area contributed by atoms with Crippen molar-refractivity contribution in [3.05, 3.63) is 23.8 Å². The van der Waals surface area contributed by atoms with Gasteiger partial charge in [-0.05, 0) is 6.92 Å². The summed E-state index contributed by atoms with van der Waals surface area (Å²) in [6.07, 6.45) is 1.48. The third-order valence-corrected chi connectivity index (χ3v) is 1.24. The highest BCUT2D eigenvalue weighted by atomic mass is 19.1. The van der Waals surface area contributed by atoms with Crippen molar-refractivity contribution < 1.29 is 9.13 Å². The van der Waals surface area contributed by atoms with E-state index in [9.17, 15) is 4.39 Å². The molecule has 68 valence electrons. The van der Waals surface area contributed by atoms with Crippen LogP contribution in [0.5, 0.6) is 5.75 Å². The number of methoxy groups -OCH3 is 1. The predicted molar refractivity (Wildman–Crippen MR) is 46.8 cm³/mol. The summed E-state index contributed by atoms with van der Waals surface area (Å²) >= 11 is 0. The number of hydrogen-bond acceptors (Lipinski definition) is 2. The standard InChI is InChI=1S/C7H8FNO.C2H6/c1-5-7(8)3-6(10-2)4-9-5;1-2/h3-4H,1-2H3;1-2H3. The van der Waals surface area contributed by atoms with E-state index in [0.717, 1.165) is 0 Å². The van der Waals surface area contributed by atoms with Gasteiger partial charge >= 0.3 is 0 Å². The Labute approximate surface area is 72.4 Å². The molecule has 0 bridgehead atoms. The maximum atomic E-state index is 12.6. The van der Waals surface area contributed by atoms with Crippen molar-refractivity contribution in [3.63, 3.8) is 0 Å². The molecular formula is C9H14FNO. The Kier molecular flexibility index (Phi) is 5.00. The van der Waals surface area contributed by atoms with E-state index in [0.29, 0.717) is 11.4 Å². The molecular weight excluding hydrogens is 157 g/mol. The van der Waals surface area contributed by atoms with Gasteiger partial charge in [-0.3, -0.25) is 4.98 Å². The fraction of sp³-hybridized carbons (Fsp3) is 0.444. The lowest BCUT2D eigenvalue weighted by Gasteiger charge is -1.98. The molecule has 0 aromatic carbocycles. The summed E-state index contributed by atoms with van der Waals surface area (Å²) in [6.45, 7) is 5.61. The van der Waals surface area contributed by atoms with Crippen molar-refractivity contribution in [2.24, 2.45) is 0 Å². The smallest absolute Gasteiger partial charge is 0.148 e. The number of hydrogen-bond donors (Lipinski definition) is 0. The molecule has 1 rings (SSSR count). The quantitative estimate of drug-likeness (QED) is 0.647. The van der Waals surface area contributed by atoms with Gasteiger partial charge in [0.15, 0.2) is 0 Å². The molecule has 0 radical (unpaired) electrons. The maximum absolute atomic E-state index is 12.6. The van der Waals surface area contributed by atoms with Crippen molar-refractivity contribution in [2.75, 3.05) is 7.11 Å². The Morgan fingerprint density at radius 3 is 2.42 bits per heavy atom. The number of aromatic nitrogens is 1. The van der Waals surface area contributed by atoms with Crippen LogP contribution in [0.25, 0.3) is 0 Å². The fourth-order valence-electron chi connectivity index (χ4n) is 0.600. The van der Waals surface area contributed by atoms with Crippen LogP contribution in [0.3, 0.4) is 0 Å². The average Bonchev–Trinajstić information content (AvgIpc) is 2.13. The minimum absolute atomic E-state index is 0.334. The van der Waals surface area contributed by atoms with Crippen molar-refractivity contribution >= 4 is 0 Å². The van der Waals surface area contributed by atoms with Crippen molar-refractivity contribution in [2.45, 2.75) is 20.8 Å². The van der Waals surface area contributed by atoms with Crippen LogP contribution in [0.2, 0.25) is 0 Å². The number of rotatable bonds is 1. The third-order valence-electron chi connectivity index (χ3n) is 1.24. The second-order valence-corrected chi connectivity index (χ2v) is 1.94. The highest BCUT2D eigenvalue weighted by Gasteiger charge is 1.98. The number of pyridine rings is 1. The largest absolute Gasteiger partial charge is 0.495 e. The molecule has 1 heterocycles. The zero-order valence-electron chi connectivity index (χ0n) is 7.89. The van der Waals surface area contributed by atoms with Gasteiger partial charge in [0.2, 0.25) is 0 Å². The molecule has 0 aliphatic rings. The first-order chi connectivity index (χ1) is 5.74. The monoisotopic (exact) mass is 171 g/mol. The number of ether oxygens (including phenoxy) is 1. The number of halogens is 1. The van der Waals surface area contributed by atoms with Crippen molar-refractivity contribution in [1.82, 2.24) is 4.98 Å². The maximum Gasteiger partial charge on any atom is 0.148 e. The van der Waals surface area contributed by atoms with Crippen LogP contribution in [0.15, 0.2) is 12.3 Å². The Morgan fingerprint density at radius 2 is 2.00 bits per heavy atom. The summed E-state index contributed by atoms with van der Waals surface area (Å²) in [4.78, 5) is 3.75. The Hall–Kier alpha value is -1.12.